The Kier molecular flexibility index (Phi) is 10.2. The van der Waals surface area contributed by atoms with Crippen molar-refractivity contribution in [1.29, 1.82) is 0 Å². The van der Waals surface area contributed by atoms with E-state index in [0.717, 1.165) is 19.3 Å². The van der Waals surface area contributed by atoms with Crippen molar-refractivity contribution in [1.82, 2.24) is 0 Å². The minimum absolute atomic E-state index is 0.340. The van der Waals surface area contributed by atoms with Gasteiger partial charge in [0.1, 0.15) is 11.5 Å². The summed E-state index contributed by atoms with van der Waals surface area (Å²) in [7, 11) is 0. The first kappa shape index (κ1) is 19.8. The SMILES string of the molecule is CCCCCCCCOc1c(I)ccc(OCC(=O)O)c1I. The van der Waals surface area contributed by atoms with Crippen LogP contribution in [0.25, 0.3) is 0 Å². The fraction of sp³-hybridized carbons (Fsp3) is 0.562. The standard InChI is InChI=1S/C16H22I2O4/c1-2-3-4-5-6-7-10-21-16-12(17)8-9-13(15(16)18)22-11-14(19)20/h8-9H,2-7,10-11H2,1H3,(H,19,20). The molecule has 1 rings (SSSR count). The third-order valence-electron chi connectivity index (χ3n) is 3.11. The number of rotatable bonds is 11. The van der Waals surface area contributed by atoms with Crippen molar-refractivity contribution in [2.45, 2.75) is 45.4 Å². The smallest absolute Gasteiger partial charge is 0.341 e. The zero-order chi connectivity index (χ0) is 16.4. The quantitative estimate of drug-likeness (QED) is 0.319. The van der Waals surface area contributed by atoms with Gasteiger partial charge in [-0.15, -0.1) is 0 Å². The van der Waals surface area contributed by atoms with E-state index < -0.39 is 5.97 Å². The van der Waals surface area contributed by atoms with Crippen LogP contribution >= 0.6 is 45.2 Å². The van der Waals surface area contributed by atoms with Crippen LogP contribution in [0.15, 0.2) is 12.1 Å². The second-order valence-electron chi connectivity index (χ2n) is 4.99. The number of carbonyl (C=O) groups is 1. The Bertz CT molecular complexity index is 477. The van der Waals surface area contributed by atoms with Crippen LogP contribution in [0.2, 0.25) is 0 Å². The van der Waals surface area contributed by atoms with Gasteiger partial charge in [-0.1, -0.05) is 39.0 Å². The molecule has 0 unspecified atom stereocenters. The summed E-state index contributed by atoms with van der Waals surface area (Å²) in [6, 6.07) is 3.67. The summed E-state index contributed by atoms with van der Waals surface area (Å²) < 4.78 is 13.0. The maximum atomic E-state index is 10.6. The van der Waals surface area contributed by atoms with Gasteiger partial charge in [0.2, 0.25) is 0 Å². The van der Waals surface area contributed by atoms with Gasteiger partial charge in [-0.3, -0.25) is 0 Å². The molecule has 0 aliphatic heterocycles. The molecule has 22 heavy (non-hydrogen) atoms. The average Bonchev–Trinajstić information content (AvgIpc) is 2.48. The van der Waals surface area contributed by atoms with Gasteiger partial charge in [-0.2, -0.15) is 0 Å². The van der Waals surface area contributed by atoms with Gasteiger partial charge in [0.15, 0.2) is 6.61 Å². The van der Waals surface area contributed by atoms with Gasteiger partial charge in [0.25, 0.3) is 0 Å². The molecule has 124 valence electrons. The van der Waals surface area contributed by atoms with E-state index in [-0.39, 0.29) is 6.61 Å². The van der Waals surface area contributed by atoms with Crippen molar-refractivity contribution >= 4 is 51.2 Å². The Labute approximate surface area is 159 Å². The number of aliphatic carboxylic acids is 1. The molecule has 0 aliphatic carbocycles. The third-order valence-corrected chi connectivity index (χ3v) is 4.98. The Balaban J connectivity index is 2.47. The number of hydrogen-bond acceptors (Lipinski definition) is 3. The molecule has 0 saturated heterocycles. The van der Waals surface area contributed by atoms with Gasteiger partial charge in [0.05, 0.1) is 13.7 Å². The van der Waals surface area contributed by atoms with Crippen LogP contribution in [0.3, 0.4) is 0 Å². The van der Waals surface area contributed by atoms with Crippen LogP contribution in [-0.4, -0.2) is 24.3 Å². The molecule has 0 atom stereocenters. The maximum absolute atomic E-state index is 10.6. The molecule has 1 aromatic rings. The van der Waals surface area contributed by atoms with E-state index in [4.69, 9.17) is 14.6 Å². The fourth-order valence-corrected chi connectivity index (χ4v) is 3.86. The highest BCUT2D eigenvalue weighted by Crippen LogP contribution is 2.34. The average molecular weight is 532 g/mol. The first-order chi connectivity index (χ1) is 10.6. The molecule has 0 heterocycles. The summed E-state index contributed by atoms with van der Waals surface area (Å²) in [6.07, 6.45) is 7.34. The lowest BCUT2D eigenvalue weighted by Gasteiger charge is -2.13. The summed E-state index contributed by atoms with van der Waals surface area (Å²) in [4.78, 5) is 10.6. The molecular formula is C16H22I2O4. The van der Waals surface area contributed by atoms with Crippen LogP contribution in [-0.2, 0) is 4.79 Å². The number of benzene rings is 1. The lowest BCUT2D eigenvalue weighted by molar-refractivity contribution is -0.139. The summed E-state index contributed by atoms with van der Waals surface area (Å²) in [5.74, 6) is 0.364. The van der Waals surface area contributed by atoms with Crippen LogP contribution in [0.4, 0.5) is 0 Å². The minimum Gasteiger partial charge on any atom is -0.491 e. The molecule has 0 radical (unpaired) electrons. The van der Waals surface area contributed by atoms with Crippen LogP contribution in [0.1, 0.15) is 45.4 Å². The second-order valence-corrected chi connectivity index (χ2v) is 7.23. The van der Waals surface area contributed by atoms with Gasteiger partial charge in [-0.05, 0) is 63.7 Å². The number of ether oxygens (including phenoxy) is 2. The highest BCUT2D eigenvalue weighted by Gasteiger charge is 2.13. The van der Waals surface area contributed by atoms with Crippen LogP contribution in [0, 0.1) is 7.14 Å². The van der Waals surface area contributed by atoms with Gasteiger partial charge < -0.3 is 14.6 Å². The molecule has 4 nitrogen and oxygen atoms in total. The summed E-state index contributed by atoms with van der Waals surface area (Å²) in [5, 5.41) is 8.69. The lowest BCUT2D eigenvalue weighted by atomic mass is 10.1. The molecule has 0 aromatic heterocycles. The number of halogens is 2. The topological polar surface area (TPSA) is 55.8 Å². The van der Waals surface area contributed by atoms with Crippen molar-refractivity contribution in [3.63, 3.8) is 0 Å². The van der Waals surface area contributed by atoms with E-state index in [1.807, 2.05) is 6.07 Å². The van der Waals surface area contributed by atoms with E-state index in [9.17, 15) is 4.79 Å². The molecule has 0 fully saturated rings. The van der Waals surface area contributed by atoms with E-state index >= 15 is 0 Å². The zero-order valence-corrected chi connectivity index (χ0v) is 17.1. The Morgan fingerprint density at radius 2 is 1.77 bits per heavy atom. The largest absolute Gasteiger partial charge is 0.491 e. The van der Waals surface area contributed by atoms with E-state index in [1.54, 1.807) is 6.07 Å². The fourth-order valence-electron chi connectivity index (χ4n) is 1.95. The molecular weight excluding hydrogens is 510 g/mol. The number of carboxylic acids is 1. The number of carboxylic acid groups (broad SMARTS) is 1. The van der Waals surface area contributed by atoms with E-state index in [2.05, 4.69) is 52.1 Å². The molecule has 0 amide bonds. The van der Waals surface area contributed by atoms with Crippen LogP contribution in [0.5, 0.6) is 11.5 Å². The number of unbranched alkanes of at least 4 members (excludes halogenated alkanes) is 5. The van der Waals surface area contributed by atoms with Crippen molar-refractivity contribution in [2.24, 2.45) is 0 Å². The molecule has 1 aromatic carbocycles. The van der Waals surface area contributed by atoms with Crippen molar-refractivity contribution < 1.29 is 19.4 Å². The van der Waals surface area contributed by atoms with Crippen molar-refractivity contribution in [3.8, 4) is 11.5 Å². The number of hydrogen-bond donors (Lipinski definition) is 1. The first-order valence-corrected chi connectivity index (χ1v) is 9.67. The molecule has 0 aliphatic rings. The maximum Gasteiger partial charge on any atom is 0.341 e. The summed E-state index contributed by atoms with van der Waals surface area (Å²) >= 11 is 4.37. The lowest BCUT2D eigenvalue weighted by Crippen LogP contribution is -2.11. The van der Waals surface area contributed by atoms with Crippen molar-refractivity contribution in [2.75, 3.05) is 13.2 Å². The van der Waals surface area contributed by atoms with E-state index in [1.165, 1.54) is 32.1 Å². The summed E-state index contributed by atoms with van der Waals surface area (Å²) in [6.45, 7) is 2.56. The first-order valence-electron chi connectivity index (χ1n) is 7.51. The molecule has 0 saturated carbocycles. The van der Waals surface area contributed by atoms with Crippen molar-refractivity contribution in [3.05, 3.63) is 19.3 Å². The summed E-state index contributed by atoms with van der Waals surface area (Å²) in [5.41, 5.74) is 0. The Morgan fingerprint density at radius 1 is 1.09 bits per heavy atom. The Morgan fingerprint density at radius 3 is 2.45 bits per heavy atom. The Hall–Kier alpha value is -0.250. The van der Waals surface area contributed by atoms with Crippen LogP contribution < -0.4 is 9.47 Å². The highest BCUT2D eigenvalue weighted by molar-refractivity contribution is 14.1. The normalized spacial score (nSPS) is 10.5. The highest BCUT2D eigenvalue weighted by atomic mass is 127. The minimum atomic E-state index is -0.983. The molecule has 0 bridgehead atoms. The predicted molar refractivity (Wildman–Crippen MR) is 104 cm³/mol. The predicted octanol–water partition coefficient (Wildman–Crippen LogP) is 5.10. The molecule has 0 spiro atoms. The molecule has 1 N–H and O–H groups in total. The third kappa shape index (κ3) is 7.34. The van der Waals surface area contributed by atoms with E-state index in [0.29, 0.717) is 12.4 Å². The van der Waals surface area contributed by atoms with Gasteiger partial charge in [-0.25, -0.2) is 4.79 Å². The monoisotopic (exact) mass is 532 g/mol. The molecule has 6 heteroatoms. The second kappa shape index (κ2) is 11.3. The zero-order valence-electron chi connectivity index (χ0n) is 12.7. The van der Waals surface area contributed by atoms with Gasteiger partial charge in [0, 0.05) is 0 Å². The van der Waals surface area contributed by atoms with Gasteiger partial charge >= 0.3 is 5.97 Å².